The molecular formula is C56H107NO5. The first-order chi connectivity index (χ1) is 30.5. The molecule has 0 aliphatic carbocycles. The van der Waals surface area contributed by atoms with Gasteiger partial charge in [-0.2, -0.15) is 0 Å². The maximum absolute atomic E-state index is 12.5. The maximum atomic E-state index is 12.5. The molecule has 0 heterocycles. The number of carbonyl (C=O) groups is 2. The standard InChI is InChI=1S/C56H107NO5/c1-3-5-7-9-11-13-15-17-19-21-24-28-32-36-40-44-48-54(59)53(52-58)57-55(60)49-45-41-37-33-29-25-23-27-31-35-39-43-47-51-62-56(61)50-46-42-38-34-30-26-22-20-18-16-14-12-10-8-6-4-2/h20,22,25,29,53-54,58-59H,3-19,21,23-24,26-28,30-52H2,1-2H3,(H,57,60)/b22-20-,29-25-. The highest BCUT2D eigenvalue weighted by Gasteiger charge is 2.20. The fraction of sp³-hybridized carbons (Fsp3) is 0.893. The topological polar surface area (TPSA) is 95.9 Å². The van der Waals surface area contributed by atoms with Gasteiger partial charge in [-0.3, -0.25) is 9.59 Å². The fourth-order valence-electron chi connectivity index (χ4n) is 8.45. The number of allylic oxidation sites excluding steroid dienone is 4. The van der Waals surface area contributed by atoms with Gasteiger partial charge in [0.05, 0.1) is 25.4 Å². The Morgan fingerprint density at radius 2 is 0.758 bits per heavy atom. The van der Waals surface area contributed by atoms with E-state index in [1.165, 1.54) is 193 Å². The number of rotatable bonds is 51. The summed E-state index contributed by atoms with van der Waals surface area (Å²) in [6, 6.07) is -0.562. The molecule has 2 atom stereocenters. The lowest BCUT2D eigenvalue weighted by atomic mass is 10.0. The van der Waals surface area contributed by atoms with E-state index in [9.17, 15) is 19.8 Å². The molecule has 3 N–H and O–H groups in total. The van der Waals surface area contributed by atoms with Crippen molar-refractivity contribution in [3.63, 3.8) is 0 Å². The van der Waals surface area contributed by atoms with Crippen molar-refractivity contribution in [2.75, 3.05) is 13.2 Å². The highest BCUT2D eigenvalue weighted by molar-refractivity contribution is 5.76. The lowest BCUT2D eigenvalue weighted by molar-refractivity contribution is -0.143. The van der Waals surface area contributed by atoms with E-state index in [1.54, 1.807) is 0 Å². The van der Waals surface area contributed by atoms with Crippen molar-refractivity contribution in [2.45, 2.75) is 309 Å². The Morgan fingerprint density at radius 1 is 0.435 bits per heavy atom. The normalized spacial score (nSPS) is 12.8. The third kappa shape index (κ3) is 47.8. The Kier molecular flexibility index (Phi) is 50.6. The van der Waals surface area contributed by atoms with Crippen molar-refractivity contribution in [1.82, 2.24) is 5.32 Å². The zero-order chi connectivity index (χ0) is 45.1. The van der Waals surface area contributed by atoms with E-state index in [4.69, 9.17) is 4.74 Å². The molecule has 0 spiro atoms. The number of esters is 1. The van der Waals surface area contributed by atoms with Crippen LogP contribution in [0.25, 0.3) is 0 Å². The summed E-state index contributed by atoms with van der Waals surface area (Å²) in [5, 5.41) is 23.2. The van der Waals surface area contributed by atoms with Crippen LogP contribution in [0.3, 0.4) is 0 Å². The number of hydrogen-bond acceptors (Lipinski definition) is 5. The molecule has 0 fully saturated rings. The Balaban J connectivity index is 3.49. The molecule has 366 valence electrons. The van der Waals surface area contributed by atoms with Gasteiger partial charge in [-0.15, -0.1) is 0 Å². The molecule has 0 bridgehead atoms. The first kappa shape index (κ1) is 60.3. The lowest BCUT2D eigenvalue weighted by Gasteiger charge is -2.22. The molecule has 6 heteroatoms. The molecule has 1 amide bonds. The van der Waals surface area contributed by atoms with Gasteiger partial charge in [-0.05, 0) is 77.0 Å². The van der Waals surface area contributed by atoms with E-state index in [0.717, 1.165) is 70.6 Å². The molecule has 0 aliphatic rings. The first-order valence-electron chi connectivity index (χ1n) is 27.6. The average molecular weight is 874 g/mol. The zero-order valence-electron chi connectivity index (χ0n) is 41.6. The van der Waals surface area contributed by atoms with Crippen LogP contribution in [0.15, 0.2) is 24.3 Å². The molecule has 0 rings (SSSR count). The van der Waals surface area contributed by atoms with Gasteiger partial charge >= 0.3 is 5.97 Å². The number of carbonyl (C=O) groups excluding carboxylic acids is 2. The van der Waals surface area contributed by atoms with Gasteiger partial charge in [0.1, 0.15) is 0 Å². The van der Waals surface area contributed by atoms with Crippen LogP contribution >= 0.6 is 0 Å². The third-order valence-corrected chi connectivity index (χ3v) is 12.7. The van der Waals surface area contributed by atoms with Crippen LogP contribution < -0.4 is 5.32 Å². The molecule has 62 heavy (non-hydrogen) atoms. The average Bonchev–Trinajstić information content (AvgIpc) is 3.27. The van der Waals surface area contributed by atoms with E-state index in [2.05, 4.69) is 43.5 Å². The van der Waals surface area contributed by atoms with E-state index in [1.807, 2.05) is 0 Å². The molecule has 0 aromatic carbocycles. The minimum atomic E-state index is -0.681. The van der Waals surface area contributed by atoms with E-state index >= 15 is 0 Å². The van der Waals surface area contributed by atoms with Gasteiger partial charge in [0, 0.05) is 12.8 Å². The van der Waals surface area contributed by atoms with Gasteiger partial charge < -0.3 is 20.3 Å². The van der Waals surface area contributed by atoms with Crippen molar-refractivity contribution in [2.24, 2.45) is 0 Å². The molecule has 0 radical (unpaired) electrons. The molecule has 0 saturated carbocycles. The number of hydrogen-bond donors (Lipinski definition) is 3. The summed E-state index contributed by atoms with van der Waals surface area (Å²) in [4.78, 5) is 24.5. The first-order valence-corrected chi connectivity index (χ1v) is 27.6. The van der Waals surface area contributed by atoms with Crippen LogP contribution in [0.2, 0.25) is 0 Å². The van der Waals surface area contributed by atoms with Crippen LogP contribution in [0.4, 0.5) is 0 Å². The van der Waals surface area contributed by atoms with Crippen LogP contribution in [0.1, 0.15) is 296 Å². The summed E-state index contributed by atoms with van der Waals surface area (Å²) in [7, 11) is 0. The number of aliphatic hydroxyl groups excluding tert-OH is 2. The summed E-state index contributed by atoms with van der Waals surface area (Å²) >= 11 is 0. The fourth-order valence-corrected chi connectivity index (χ4v) is 8.45. The Morgan fingerprint density at radius 3 is 1.16 bits per heavy atom. The maximum Gasteiger partial charge on any atom is 0.305 e. The Bertz CT molecular complexity index is 966. The molecule has 0 aliphatic heterocycles. The summed E-state index contributed by atoms with van der Waals surface area (Å²) in [6.45, 7) is 4.91. The Hall–Kier alpha value is -1.66. The quantitative estimate of drug-likeness (QED) is 0.0321. The van der Waals surface area contributed by atoms with Crippen LogP contribution in [0, 0.1) is 0 Å². The highest BCUT2D eigenvalue weighted by atomic mass is 16.5. The zero-order valence-corrected chi connectivity index (χ0v) is 41.6. The van der Waals surface area contributed by atoms with Crippen molar-refractivity contribution in [3.05, 3.63) is 24.3 Å². The van der Waals surface area contributed by atoms with Crippen LogP contribution in [-0.4, -0.2) is 47.4 Å². The van der Waals surface area contributed by atoms with Gasteiger partial charge in [-0.25, -0.2) is 0 Å². The van der Waals surface area contributed by atoms with Crippen LogP contribution in [-0.2, 0) is 14.3 Å². The number of unbranched alkanes of at least 4 members (excludes halogenated alkanes) is 36. The monoisotopic (exact) mass is 874 g/mol. The van der Waals surface area contributed by atoms with E-state index < -0.39 is 12.1 Å². The van der Waals surface area contributed by atoms with Crippen molar-refractivity contribution in [3.8, 4) is 0 Å². The highest BCUT2D eigenvalue weighted by Crippen LogP contribution is 2.16. The molecule has 0 aromatic heterocycles. The SMILES string of the molecule is CCCCCCCCC/C=C\CCCCCCCC(=O)OCCCCCCCC/C=C\CCCCCC(=O)NC(CO)C(O)CCCCCCCCCCCCCCCCCC. The summed E-state index contributed by atoms with van der Waals surface area (Å²) in [5.41, 5.74) is 0. The van der Waals surface area contributed by atoms with Crippen LogP contribution in [0.5, 0.6) is 0 Å². The Labute approximate surface area is 386 Å². The number of ether oxygens (including phenoxy) is 1. The minimum absolute atomic E-state index is 0.0197. The summed E-state index contributed by atoms with van der Waals surface area (Å²) in [6.07, 6.45) is 61.5. The molecule has 2 unspecified atom stereocenters. The number of nitrogens with one attached hydrogen (secondary N) is 1. The molecule has 6 nitrogen and oxygen atoms in total. The second-order valence-corrected chi connectivity index (χ2v) is 18.9. The van der Waals surface area contributed by atoms with Gasteiger partial charge in [0.25, 0.3) is 0 Å². The number of amides is 1. The molecular weight excluding hydrogens is 767 g/mol. The number of aliphatic hydroxyl groups is 2. The molecule has 0 aromatic rings. The second kappa shape index (κ2) is 52.0. The lowest BCUT2D eigenvalue weighted by Crippen LogP contribution is -2.45. The minimum Gasteiger partial charge on any atom is -0.466 e. The van der Waals surface area contributed by atoms with Gasteiger partial charge in [-0.1, -0.05) is 231 Å². The molecule has 0 saturated heterocycles. The van der Waals surface area contributed by atoms with Crippen molar-refractivity contribution in [1.29, 1.82) is 0 Å². The predicted molar refractivity (Wildman–Crippen MR) is 269 cm³/mol. The van der Waals surface area contributed by atoms with Gasteiger partial charge in [0.2, 0.25) is 5.91 Å². The van der Waals surface area contributed by atoms with E-state index in [-0.39, 0.29) is 18.5 Å². The third-order valence-electron chi connectivity index (χ3n) is 12.7. The largest absolute Gasteiger partial charge is 0.466 e. The summed E-state index contributed by atoms with van der Waals surface area (Å²) in [5.74, 6) is -0.0838. The van der Waals surface area contributed by atoms with Crippen molar-refractivity contribution < 1.29 is 24.5 Å². The smallest absolute Gasteiger partial charge is 0.305 e. The van der Waals surface area contributed by atoms with E-state index in [0.29, 0.717) is 25.9 Å². The van der Waals surface area contributed by atoms with Gasteiger partial charge in [0.15, 0.2) is 0 Å². The second-order valence-electron chi connectivity index (χ2n) is 18.9. The summed E-state index contributed by atoms with van der Waals surface area (Å²) < 4.78 is 5.46. The predicted octanol–water partition coefficient (Wildman–Crippen LogP) is 16.7. The van der Waals surface area contributed by atoms with Crippen molar-refractivity contribution >= 4 is 11.9 Å².